The number of hydrogen-bond acceptors (Lipinski definition) is 2. The summed E-state index contributed by atoms with van der Waals surface area (Å²) in [5.41, 5.74) is 7.23. The minimum Gasteiger partial charge on any atom is -0.342 e. The monoisotopic (exact) mass is 396 g/mol. The maximum absolute atomic E-state index is 5.94. The summed E-state index contributed by atoms with van der Waals surface area (Å²) in [6, 6.07) is 20.0. The van der Waals surface area contributed by atoms with Gasteiger partial charge in [0, 0.05) is 23.5 Å². The molecule has 2 aromatic carbocycles. The normalized spacial score (nSPS) is 10.9. The van der Waals surface area contributed by atoms with Crippen molar-refractivity contribution in [1.82, 2.24) is 9.99 Å². The zero-order valence-electron chi connectivity index (χ0n) is 15.0. The topological polar surface area (TPSA) is 41.4 Å². The Morgan fingerprint density at radius 1 is 1.07 bits per heavy atom. The molecule has 3 rings (SSSR count). The van der Waals surface area contributed by atoms with Gasteiger partial charge in [0.2, 0.25) is 0 Å². The molecule has 0 aliphatic carbocycles. The standard InChI is InChI=1S/C21H21ClN4S/c1-2-16-7-11-19(12-8-16)24-21(27)25-23-14-20-4-3-13-26(20)15-17-5-9-18(22)10-6-17/h3-14H,2,15H2,1H3,(H2,24,25,27). The smallest absolute Gasteiger partial charge is 0.191 e. The van der Waals surface area contributed by atoms with Crippen molar-refractivity contribution < 1.29 is 0 Å². The zero-order valence-corrected chi connectivity index (χ0v) is 16.6. The average molecular weight is 397 g/mol. The Morgan fingerprint density at radius 3 is 2.48 bits per heavy atom. The highest BCUT2D eigenvalue weighted by molar-refractivity contribution is 7.80. The maximum Gasteiger partial charge on any atom is 0.191 e. The Balaban J connectivity index is 1.55. The lowest BCUT2D eigenvalue weighted by atomic mass is 10.1. The van der Waals surface area contributed by atoms with Gasteiger partial charge in [0.15, 0.2) is 5.11 Å². The van der Waals surface area contributed by atoms with E-state index < -0.39 is 0 Å². The minimum atomic E-state index is 0.450. The van der Waals surface area contributed by atoms with Gasteiger partial charge >= 0.3 is 0 Å². The molecule has 0 amide bonds. The summed E-state index contributed by atoms with van der Waals surface area (Å²) in [6.07, 6.45) is 4.79. The van der Waals surface area contributed by atoms with Gasteiger partial charge < -0.3 is 9.88 Å². The second-order valence-electron chi connectivity index (χ2n) is 6.06. The van der Waals surface area contributed by atoms with Gasteiger partial charge in [-0.2, -0.15) is 5.10 Å². The molecule has 0 atom stereocenters. The lowest BCUT2D eigenvalue weighted by Gasteiger charge is -2.08. The molecule has 138 valence electrons. The van der Waals surface area contributed by atoms with Crippen molar-refractivity contribution >= 4 is 40.8 Å². The Morgan fingerprint density at radius 2 is 1.78 bits per heavy atom. The van der Waals surface area contributed by atoms with Crippen LogP contribution in [-0.2, 0) is 13.0 Å². The van der Waals surface area contributed by atoms with Gasteiger partial charge in [-0.15, -0.1) is 0 Å². The summed E-state index contributed by atoms with van der Waals surface area (Å²) >= 11 is 11.2. The van der Waals surface area contributed by atoms with Crippen LogP contribution in [0.15, 0.2) is 72.0 Å². The molecule has 4 nitrogen and oxygen atoms in total. The molecule has 2 N–H and O–H groups in total. The number of nitrogens with zero attached hydrogens (tertiary/aromatic N) is 2. The molecular weight excluding hydrogens is 376 g/mol. The summed E-state index contributed by atoms with van der Waals surface area (Å²) in [6.45, 7) is 2.88. The Bertz CT molecular complexity index is 914. The molecule has 0 aliphatic rings. The lowest BCUT2D eigenvalue weighted by Crippen LogP contribution is -2.24. The van der Waals surface area contributed by atoms with E-state index in [0.717, 1.165) is 29.4 Å². The third-order valence-electron chi connectivity index (χ3n) is 4.11. The Kier molecular flexibility index (Phi) is 6.63. The van der Waals surface area contributed by atoms with Crippen LogP contribution in [0.1, 0.15) is 23.7 Å². The van der Waals surface area contributed by atoms with Crippen molar-refractivity contribution in [3.8, 4) is 0 Å². The van der Waals surface area contributed by atoms with E-state index in [2.05, 4.69) is 39.5 Å². The largest absolute Gasteiger partial charge is 0.342 e. The van der Waals surface area contributed by atoms with Gasteiger partial charge in [-0.25, -0.2) is 0 Å². The molecule has 1 heterocycles. The van der Waals surface area contributed by atoms with Crippen LogP contribution in [0.25, 0.3) is 0 Å². The van der Waals surface area contributed by atoms with E-state index in [-0.39, 0.29) is 0 Å². The molecule has 0 aliphatic heterocycles. The number of anilines is 1. The van der Waals surface area contributed by atoms with Crippen molar-refractivity contribution in [3.63, 3.8) is 0 Å². The highest BCUT2D eigenvalue weighted by atomic mass is 35.5. The van der Waals surface area contributed by atoms with E-state index >= 15 is 0 Å². The number of hydrazone groups is 1. The summed E-state index contributed by atoms with van der Waals surface area (Å²) in [4.78, 5) is 0. The fourth-order valence-electron chi connectivity index (χ4n) is 2.61. The predicted octanol–water partition coefficient (Wildman–Crippen LogP) is 5.07. The van der Waals surface area contributed by atoms with Crippen LogP contribution in [0, 0.1) is 0 Å². The van der Waals surface area contributed by atoms with Crippen LogP contribution in [0.5, 0.6) is 0 Å². The van der Waals surface area contributed by atoms with Gasteiger partial charge in [0.25, 0.3) is 0 Å². The van der Waals surface area contributed by atoms with E-state index in [0.29, 0.717) is 5.11 Å². The number of aromatic nitrogens is 1. The summed E-state index contributed by atoms with van der Waals surface area (Å²) in [7, 11) is 0. The fourth-order valence-corrected chi connectivity index (χ4v) is 2.91. The van der Waals surface area contributed by atoms with Gasteiger partial charge in [0.1, 0.15) is 0 Å². The average Bonchev–Trinajstić information content (AvgIpc) is 3.11. The first-order chi connectivity index (χ1) is 13.1. The second-order valence-corrected chi connectivity index (χ2v) is 6.91. The van der Waals surface area contributed by atoms with Crippen LogP contribution in [0.2, 0.25) is 5.02 Å². The third kappa shape index (κ3) is 5.67. The van der Waals surface area contributed by atoms with Gasteiger partial charge in [-0.1, -0.05) is 42.8 Å². The van der Waals surface area contributed by atoms with Crippen LogP contribution < -0.4 is 10.7 Å². The van der Waals surface area contributed by atoms with Crippen LogP contribution in [0.4, 0.5) is 5.69 Å². The van der Waals surface area contributed by atoms with E-state index in [1.54, 1.807) is 6.21 Å². The molecule has 0 spiro atoms. The van der Waals surface area contributed by atoms with Gasteiger partial charge in [-0.05, 0) is 66.2 Å². The summed E-state index contributed by atoms with van der Waals surface area (Å²) < 4.78 is 2.11. The predicted molar refractivity (Wildman–Crippen MR) is 118 cm³/mol. The molecular formula is C21H21ClN4S. The first-order valence-electron chi connectivity index (χ1n) is 8.72. The Hall–Kier alpha value is -2.63. The van der Waals surface area contributed by atoms with E-state index in [4.69, 9.17) is 23.8 Å². The number of hydrogen-bond donors (Lipinski definition) is 2. The summed E-state index contributed by atoms with van der Waals surface area (Å²) in [5.74, 6) is 0. The molecule has 0 saturated heterocycles. The number of halogens is 1. The van der Waals surface area contributed by atoms with Gasteiger partial charge in [0.05, 0.1) is 11.9 Å². The van der Waals surface area contributed by atoms with Crippen LogP contribution in [-0.4, -0.2) is 15.9 Å². The second kappa shape index (κ2) is 9.35. The number of benzene rings is 2. The van der Waals surface area contributed by atoms with E-state index in [1.165, 1.54) is 11.1 Å². The molecule has 6 heteroatoms. The molecule has 3 aromatic rings. The number of thiocarbonyl (C=S) groups is 1. The van der Waals surface area contributed by atoms with Gasteiger partial charge in [-0.3, -0.25) is 5.43 Å². The third-order valence-corrected chi connectivity index (χ3v) is 4.56. The van der Waals surface area contributed by atoms with E-state index in [1.807, 2.05) is 54.7 Å². The zero-order chi connectivity index (χ0) is 19.1. The van der Waals surface area contributed by atoms with Crippen molar-refractivity contribution in [3.05, 3.63) is 88.7 Å². The maximum atomic E-state index is 5.94. The SMILES string of the molecule is CCc1ccc(NC(=S)NN=Cc2cccn2Cc2ccc(Cl)cc2)cc1. The molecule has 0 radical (unpaired) electrons. The highest BCUT2D eigenvalue weighted by Gasteiger charge is 2.01. The number of rotatable bonds is 6. The van der Waals surface area contributed by atoms with Crippen LogP contribution >= 0.6 is 23.8 Å². The number of nitrogens with one attached hydrogen (secondary N) is 2. The molecule has 1 aromatic heterocycles. The molecule has 0 fully saturated rings. The molecule has 0 saturated carbocycles. The minimum absolute atomic E-state index is 0.450. The first-order valence-corrected chi connectivity index (χ1v) is 9.51. The Labute approximate surface area is 169 Å². The summed E-state index contributed by atoms with van der Waals surface area (Å²) in [5, 5.41) is 8.55. The molecule has 0 bridgehead atoms. The van der Waals surface area contributed by atoms with Crippen molar-refractivity contribution in [1.29, 1.82) is 0 Å². The number of aryl methyl sites for hydroxylation is 1. The van der Waals surface area contributed by atoms with Crippen LogP contribution in [0.3, 0.4) is 0 Å². The first kappa shape index (κ1) is 19.1. The fraction of sp³-hybridized carbons (Fsp3) is 0.143. The molecule has 0 unspecified atom stereocenters. The quantitative estimate of drug-likeness (QED) is 0.347. The van der Waals surface area contributed by atoms with Crippen molar-refractivity contribution in [2.24, 2.45) is 5.10 Å². The lowest BCUT2D eigenvalue weighted by molar-refractivity contribution is 0.799. The molecule has 27 heavy (non-hydrogen) atoms. The van der Waals surface area contributed by atoms with Crippen molar-refractivity contribution in [2.75, 3.05) is 5.32 Å². The van der Waals surface area contributed by atoms with E-state index in [9.17, 15) is 0 Å². The highest BCUT2D eigenvalue weighted by Crippen LogP contribution is 2.12. The van der Waals surface area contributed by atoms with Crippen molar-refractivity contribution in [2.45, 2.75) is 19.9 Å².